The van der Waals surface area contributed by atoms with Crippen molar-refractivity contribution in [1.82, 2.24) is 8.97 Å². The molecule has 2 N–H and O–H groups in total. The number of methoxy groups -OCH3 is 2. The fraction of sp³-hybridized carbons (Fsp3) is 0.423. The molecule has 10 nitrogen and oxygen atoms in total. The molecule has 192 valence electrons. The van der Waals surface area contributed by atoms with Gasteiger partial charge in [0.05, 0.1) is 50.7 Å². The molecule has 0 spiro atoms. The van der Waals surface area contributed by atoms with Gasteiger partial charge in [0.25, 0.3) is 0 Å². The lowest BCUT2D eigenvalue weighted by Gasteiger charge is -2.33. The number of aromatic carboxylic acids is 1. The second-order valence-electron chi connectivity index (χ2n) is 9.78. The second-order valence-corrected chi connectivity index (χ2v) is 9.78. The molecule has 1 fully saturated rings. The molecule has 10 heteroatoms. The van der Waals surface area contributed by atoms with Gasteiger partial charge in [-0.25, -0.2) is 9.20 Å². The number of rotatable bonds is 7. The summed E-state index contributed by atoms with van der Waals surface area (Å²) in [5.41, 5.74) is 2.50. The van der Waals surface area contributed by atoms with Gasteiger partial charge in [0, 0.05) is 36.5 Å². The third kappa shape index (κ3) is 4.68. The summed E-state index contributed by atoms with van der Waals surface area (Å²) >= 11 is 0. The monoisotopic (exact) mass is 496 g/mol. The standard InChI is InChI=1S/C26H32N4O6/c1-26(2,3)19-11-16(12-20(23(19)35-5)28-6-8-36-9-7-28)21(31)15-29-14-18-10-17(24(32)33)13-22(34-4)30(18)25(29)27/h10-14,27H,6-9,15H2,1-5H3,(H,32,33). The van der Waals surface area contributed by atoms with Gasteiger partial charge >= 0.3 is 5.97 Å². The Kier molecular flexibility index (Phi) is 6.81. The Bertz CT molecular complexity index is 1380. The van der Waals surface area contributed by atoms with Crippen LogP contribution in [0.2, 0.25) is 0 Å². The van der Waals surface area contributed by atoms with Crippen molar-refractivity contribution >= 4 is 23.0 Å². The third-order valence-corrected chi connectivity index (χ3v) is 6.36. The number of fused-ring (bicyclic) bond motifs is 1. The topological polar surface area (TPSA) is 118 Å². The smallest absolute Gasteiger partial charge is 0.335 e. The second kappa shape index (κ2) is 9.69. The number of morpholine rings is 1. The zero-order valence-electron chi connectivity index (χ0n) is 21.3. The zero-order valence-corrected chi connectivity index (χ0v) is 21.3. The van der Waals surface area contributed by atoms with Crippen molar-refractivity contribution in [2.24, 2.45) is 0 Å². The van der Waals surface area contributed by atoms with Gasteiger partial charge in [-0.2, -0.15) is 0 Å². The van der Waals surface area contributed by atoms with Crippen molar-refractivity contribution in [2.45, 2.75) is 32.7 Å². The molecule has 0 bridgehead atoms. The van der Waals surface area contributed by atoms with E-state index >= 15 is 0 Å². The van der Waals surface area contributed by atoms with E-state index in [0.29, 0.717) is 37.4 Å². The molecule has 1 saturated heterocycles. The number of nitrogens with one attached hydrogen (secondary N) is 1. The lowest BCUT2D eigenvalue weighted by atomic mass is 9.84. The van der Waals surface area contributed by atoms with Crippen LogP contribution >= 0.6 is 0 Å². The van der Waals surface area contributed by atoms with Crippen molar-refractivity contribution in [3.8, 4) is 11.6 Å². The van der Waals surface area contributed by atoms with E-state index < -0.39 is 5.97 Å². The summed E-state index contributed by atoms with van der Waals surface area (Å²) in [4.78, 5) is 27.2. The molecule has 0 amide bonds. The van der Waals surface area contributed by atoms with Gasteiger partial charge in [-0.15, -0.1) is 0 Å². The molecule has 2 aromatic heterocycles. The quantitative estimate of drug-likeness (QED) is 0.483. The summed E-state index contributed by atoms with van der Waals surface area (Å²) in [6.45, 7) is 8.72. The van der Waals surface area contributed by atoms with Crippen LogP contribution in [0.1, 0.15) is 47.1 Å². The van der Waals surface area contributed by atoms with E-state index in [1.807, 2.05) is 12.1 Å². The lowest BCUT2D eigenvalue weighted by Crippen LogP contribution is -2.37. The van der Waals surface area contributed by atoms with Crippen LogP contribution in [0.5, 0.6) is 11.6 Å². The van der Waals surface area contributed by atoms with E-state index in [-0.39, 0.29) is 34.8 Å². The fourth-order valence-electron chi connectivity index (χ4n) is 4.49. The molecule has 1 aliphatic rings. The summed E-state index contributed by atoms with van der Waals surface area (Å²) in [5, 5.41) is 18.0. The van der Waals surface area contributed by atoms with Gasteiger partial charge in [-0.1, -0.05) is 20.8 Å². The first-order chi connectivity index (χ1) is 17.0. The first-order valence-electron chi connectivity index (χ1n) is 11.7. The number of ketones is 1. The van der Waals surface area contributed by atoms with E-state index in [0.717, 1.165) is 17.0 Å². The van der Waals surface area contributed by atoms with Crippen LogP contribution in [0.3, 0.4) is 0 Å². The van der Waals surface area contributed by atoms with Crippen LogP contribution in [0.15, 0.2) is 30.5 Å². The number of Topliss-reactive ketones (excluding diaryl/α,β-unsaturated/α-hetero) is 1. The van der Waals surface area contributed by atoms with Crippen LogP contribution in [-0.4, -0.2) is 66.3 Å². The number of benzene rings is 1. The van der Waals surface area contributed by atoms with Gasteiger partial charge in [-0.3, -0.25) is 10.2 Å². The third-order valence-electron chi connectivity index (χ3n) is 6.36. The number of carboxylic acid groups (broad SMARTS) is 1. The number of pyridine rings is 1. The Labute approximate surface area is 209 Å². The summed E-state index contributed by atoms with van der Waals surface area (Å²) in [7, 11) is 3.05. The molecule has 3 heterocycles. The molecule has 3 aromatic rings. The molecule has 0 radical (unpaired) electrons. The Morgan fingerprint density at radius 1 is 1.06 bits per heavy atom. The van der Waals surface area contributed by atoms with Crippen LogP contribution in [0.25, 0.3) is 5.52 Å². The van der Waals surface area contributed by atoms with Crippen LogP contribution in [0, 0.1) is 5.41 Å². The molecule has 36 heavy (non-hydrogen) atoms. The maximum absolute atomic E-state index is 13.6. The Morgan fingerprint density at radius 2 is 1.75 bits per heavy atom. The summed E-state index contributed by atoms with van der Waals surface area (Å²) in [5.74, 6) is -0.329. The predicted octanol–water partition coefficient (Wildman–Crippen LogP) is 2.95. The van der Waals surface area contributed by atoms with Crippen LogP contribution in [0.4, 0.5) is 5.69 Å². The largest absolute Gasteiger partial charge is 0.494 e. The molecule has 0 unspecified atom stereocenters. The zero-order chi connectivity index (χ0) is 26.2. The highest BCUT2D eigenvalue weighted by atomic mass is 16.5. The molecule has 0 saturated carbocycles. The van der Waals surface area contributed by atoms with Crippen LogP contribution in [-0.2, 0) is 16.7 Å². The van der Waals surface area contributed by atoms with E-state index in [2.05, 4.69) is 25.7 Å². The highest BCUT2D eigenvalue weighted by molar-refractivity contribution is 5.98. The Balaban J connectivity index is 1.78. The van der Waals surface area contributed by atoms with Gasteiger partial charge < -0.3 is 28.8 Å². The number of ether oxygens (including phenoxy) is 3. The molecule has 4 rings (SSSR count). The summed E-state index contributed by atoms with van der Waals surface area (Å²) in [6.07, 6.45) is 1.59. The molecule has 1 aliphatic heterocycles. The maximum Gasteiger partial charge on any atom is 0.335 e. The minimum atomic E-state index is -1.10. The minimum absolute atomic E-state index is 0.00472. The molecule has 0 atom stereocenters. The van der Waals surface area contributed by atoms with Crippen molar-refractivity contribution < 1.29 is 28.9 Å². The number of carbonyl (C=O) groups is 2. The highest BCUT2D eigenvalue weighted by Gasteiger charge is 2.27. The van der Waals surface area contributed by atoms with Crippen molar-refractivity contribution in [3.63, 3.8) is 0 Å². The first-order valence-corrected chi connectivity index (χ1v) is 11.7. The number of anilines is 1. The highest BCUT2D eigenvalue weighted by Crippen LogP contribution is 2.40. The Morgan fingerprint density at radius 3 is 2.33 bits per heavy atom. The number of carbonyl (C=O) groups excluding carboxylic acids is 1. The van der Waals surface area contributed by atoms with E-state index in [1.54, 1.807) is 13.3 Å². The molecular formula is C26H32N4O6. The van der Waals surface area contributed by atoms with Crippen molar-refractivity contribution in [1.29, 1.82) is 5.41 Å². The van der Waals surface area contributed by atoms with Gasteiger partial charge in [-0.05, 0) is 23.6 Å². The summed E-state index contributed by atoms with van der Waals surface area (Å²) < 4.78 is 19.6. The predicted molar refractivity (Wildman–Crippen MR) is 134 cm³/mol. The van der Waals surface area contributed by atoms with Crippen molar-refractivity contribution in [3.05, 3.63) is 52.8 Å². The number of aromatic nitrogens is 2. The first kappa shape index (κ1) is 25.3. The molecular weight excluding hydrogens is 464 g/mol. The number of carboxylic acids is 1. The Hall–Kier alpha value is -3.79. The number of imidazole rings is 1. The number of hydrogen-bond donors (Lipinski definition) is 2. The van der Waals surface area contributed by atoms with Gasteiger partial charge in [0.1, 0.15) is 5.75 Å². The van der Waals surface area contributed by atoms with Gasteiger partial charge in [0.2, 0.25) is 11.5 Å². The van der Waals surface area contributed by atoms with E-state index in [4.69, 9.17) is 19.6 Å². The van der Waals surface area contributed by atoms with Crippen molar-refractivity contribution in [2.75, 3.05) is 45.4 Å². The maximum atomic E-state index is 13.6. The van der Waals surface area contributed by atoms with E-state index in [1.165, 1.54) is 28.2 Å². The number of nitrogens with zero attached hydrogens (tertiary/aromatic N) is 3. The minimum Gasteiger partial charge on any atom is -0.494 e. The molecule has 1 aromatic carbocycles. The van der Waals surface area contributed by atoms with Gasteiger partial charge in [0.15, 0.2) is 5.78 Å². The fourth-order valence-corrected chi connectivity index (χ4v) is 4.49. The summed E-state index contributed by atoms with van der Waals surface area (Å²) in [6, 6.07) is 6.53. The molecule has 0 aliphatic carbocycles. The SMILES string of the molecule is COc1c(N2CCOCC2)cc(C(=O)Cn2cc3cc(C(=O)O)cc(OC)n3c2=N)cc1C(C)(C)C. The number of hydrogen-bond acceptors (Lipinski definition) is 7. The van der Waals surface area contributed by atoms with Crippen LogP contribution < -0.4 is 20.0 Å². The average Bonchev–Trinajstić information content (AvgIpc) is 3.17. The lowest BCUT2D eigenvalue weighted by molar-refractivity contribution is 0.0696. The normalized spacial score (nSPS) is 14.2. The average molecular weight is 497 g/mol. The van der Waals surface area contributed by atoms with E-state index in [9.17, 15) is 14.7 Å².